The summed E-state index contributed by atoms with van der Waals surface area (Å²) >= 11 is 0. The third kappa shape index (κ3) is 6.16. The van der Waals surface area contributed by atoms with Crippen LogP contribution < -0.4 is 4.74 Å². The summed E-state index contributed by atoms with van der Waals surface area (Å²) < 4.78 is 12.1. The maximum Gasteiger partial charge on any atom is 0.388 e. The molecule has 0 aromatic heterocycles. The predicted molar refractivity (Wildman–Crippen MR) is 132 cm³/mol. The van der Waals surface area contributed by atoms with Gasteiger partial charge in [-0.15, -0.1) is 0 Å². The maximum atomic E-state index is 11.2. The predicted octanol–water partition coefficient (Wildman–Crippen LogP) is 5.84. The van der Waals surface area contributed by atoms with Crippen molar-refractivity contribution in [1.29, 1.82) is 0 Å². The minimum Gasteiger partial charge on any atom is -0.507 e. The van der Waals surface area contributed by atoms with E-state index in [1.165, 1.54) is 12.0 Å². The zero-order valence-electron chi connectivity index (χ0n) is 20.5. The van der Waals surface area contributed by atoms with Gasteiger partial charge in [0.2, 0.25) is 0 Å². The molecule has 1 fully saturated rings. The molecule has 5 heteroatoms. The van der Waals surface area contributed by atoms with Crippen LogP contribution in [-0.4, -0.2) is 49.4 Å². The summed E-state index contributed by atoms with van der Waals surface area (Å²) in [4.78, 5) is 6.45. The van der Waals surface area contributed by atoms with E-state index in [1.54, 1.807) is 7.05 Å². The monoisotopic (exact) mass is 440 g/mol. The quantitative estimate of drug-likeness (QED) is 0.172. The molecular formula is C27H40N2O3. The third-order valence-corrected chi connectivity index (χ3v) is 6.73. The smallest absolute Gasteiger partial charge is 0.388 e. The lowest BCUT2D eigenvalue weighted by atomic mass is 9.73. The molecule has 0 spiro atoms. The Labute approximate surface area is 193 Å². The van der Waals surface area contributed by atoms with Crippen LogP contribution in [0.4, 0.5) is 0 Å². The Balaban J connectivity index is 1.94. The van der Waals surface area contributed by atoms with E-state index in [9.17, 15) is 5.11 Å². The lowest BCUT2D eigenvalue weighted by molar-refractivity contribution is 0.225. The molecule has 1 aliphatic heterocycles. The second-order valence-corrected chi connectivity index (χ2v) is 9.51. The van der Waals surface area contributed by atoms with E-state index in [0.717, 1.165) is 55.3 Å². The molecule has 1 N–H and O–H groups in total. The Kier molecular flexibility index (Phi) is 8.41. The summed E-state index contributed by atoms with van der Waals surface area (Å²) in [5.41, 5.74) is 4.36. The van der Waals surface area contributed by atoms with E-state index < -0.39 is 0 Å². The molecule has 0 bridgehead atoms. The minimum atomic E-state index is 0.0219. The highest BCUT2D eigenvalue weighted by Crippen LogP contribution is 2.47. The van der Waals surface area contributed by atoms with Crippen molar-refractivity contribution in [3.8, 4) is 11.5 Å². The topological polar surface area (TPSA) is 54.1 Å². The fourth-order valence-electron chi connectivity index (χ4n) is 4.58. The van der Waals surface area contributed by atoms with Gasteiger partial charge in [0.1, 0.15) is 18.1 Å². The highest BCUT2D eigenvalue weighted by Gasteiger charge is 2.33. The number of likely N-dealkylation sites (N-methyl/N-ethyl adjacent to an activating group) is 1. The first-order valence-corrected chi connectivity index (χ1v) is 12.0. The van der Waals surface area contributed by atoms with Gasteiger partial charge in [0.25, 0.3) is 0 Å². The molecule has 5 nitrogen and oxygen atoms in total. The molecule has 3 rings (SSSR count). The van der Waals surface area contributed by atoms with E-state index >= 15 is 0 Å². The third-order valence-electron chi connectivity index (χ3n) is 6.73. The Hall–Kier alpha value is -2.27. The van der Waals surface area contributed by atoms with Gasteiger partial charge in [-0.2, -0.15) is 0 Å². The second-order valence-electron chi connectivity index (χ2n) is 9.51. The molecule has 2 unspecified atom stereocenters. The number of rotatable bonds is 9. The summed E-state index contributed by atoms with van der Waals surface area (Å²) in [6, 6.07) is 4.39. The Morgan fingerprint density at radius 1 is 1.31 bits per heavy atom. The first kappa shape index (κ1) is 24.4. The number of aliphatic imine (C=N–C) groups is 1. The molecule has 1 heterocycles. The molecule has 1 saturated heterocycles. The summed E-state index contributed by atoms with van der Waals surface area (Å²) in [5.74, 6) is 1.21. The molecule has 4 atom stereocenters. The van der Waals surface area contributed by atoms with Gasteiger partial charge in [-0.25, -0.2) is 4.99 Å². The zero-order chi connectivity index (χ0) is 23.3. The molecule has 1 aromatic rings. The standard InChI is InChI=1S/C27H40N2O3/c1-7-8-9-10-20-14-24(30)26(23-13-19(4)11-12-22(23)18(2)3)25(15-20)32-27(28-5)31-17-21-16-29(21)6/h13-15,21-23,30H,2,7-12,16-17H2,1,3-6H3/t21?,22-,23+,29?/m0/s1. The van der Waals surface area contributed by atoms with E-state index in [1.807, 2.05) is 6.07 Å². The number of nitrogens with zero attached hydrogens (tertiary/aromatic N) is 2. The number of aromatic hydroxyl groups is 1. The van der Waals surface area contributed by atoms with Crippen LogP contribution in [0.3, 0.4) is 0 Å². The molecule has 32 heavy (non-hydrogen) atoms. The van der Waals surface area contributed by atoms with E-state index in [0.29, 0.717) is 18.4 Å². The van der Waals surface area contributed by atoms with Crippen LogP contribution in [0.5, 0.6) is 11.5 Å². The summed E-state index contributed by atoms with van der Waals surface area (Å²) in [7, 11) is 3.75. The van der Waals surface area contributed by atoms with Crippen LogP contribution in [0, 0.1) is 5.92 Å². The Morgan fingerprint density at radius 3 is 2.69 bits per heavy atom. The van der Waals surface area contributed by atoms with E-state index in [4.69, 9.17) is 9.47 Å². The van der Waals surface area contributed by atoms with Crippen LogP contribution in [0.2, 0.25) is 0 Å². The number of allylic oxidation sites excluding steroid dienone is 3. The van der Waals surface area contributed by atoms with E-state index in [-0.39, 0.29) is 23.7 Å². The van der Waals surface area contributed by atoms with E-state index in [2.05, 4.69) is 56.4 Å². The van der Waals surface area contributed by atoms with Gasteiger partial charge in [-0.05, 0) is 70.2 Å². The number of hydrogen-bond donors (Lipinski definition) is 1. The largest absolute Gasteiger partial charge is 0.507 e. The second kappa shape index (κ2) is 11.0. The van der Waals surface area contributed by atoms with Crippen molar-refractivity contribution in [3.05, 3.63) is 47.1 Å². The highest BCUT2D eigenvalue weighted by atomic mass is 16.7. The average Bonchev–Trinajstić information content (AvgIpc) is 3.45. The van der Waals surface area contributed by atoms with Gasteiger partial charge in [-0.3, -0.25) is 4.90 Å². The minimum absolute atomic E-state index is 0.0219. The SMILES string of the molecule is C=C(C)[C@@H]1CCC(C)=C[C@H]1c1c(O)cc(CCCCC)cc1OC(=NC)OCC1CN1C. The van der Waals surface area contributed by atoms with Gasteiger partial charge < -0.3 is 14.6 Å². The Bertz CT molecular complexity index is 874. The zero-order valence-corrected chi connectivity index (χ0v) is 20.5. The number of aryl methyl sites for hydroxylation is 1. The molecule has 176 valence electrons. The fourth-order valence-corrected chi connectivity index (χ4v) is 4.58. The molecule has 0 radical (unpaired) electrons. The molecule has 2 aliphatic rings. The van der Waals surface area contributed by atoms with Crippen LogP contribution in [-0.2, 0) is 11.2 Å². The first-order chi connectivity index (χ1) is 15.3. The normalized spacial score (nSPS) is 25.3. The van der Waals surface area contributed by atoms with Crippen LogP contribution >= 0.6 is 0 Å². The number of phenolic OH excluding ortho intramolecular Hbond substituents is 1. The number of phenols is 1. The lowest BCUT2D eigenvalue weighted by Gasteiger charge is -2.32. The molecular weight excluding hydrogens is 400 g/mol. The van der Waals surface area contributed by atoms with Crippen LogP contribution in [0.15, 0.2) is 40.9 Å². The van der Waals surface area contributed by atoms with Crippen molar-refractivity contribution in [2.24, 2.45) is 10.9 Å². The maximum absolute atomic E-state index is 11.2. The molecule has 1 aromatic carbocycles. The van der Waals surface area contributed by atoms with Crippen molar-refractivity contribution in [2.75, 3.05) is 27.2 Å². The van der Waals surface area contributed by atoms with Gasteiger partial charge >= 0.3 is 6.08 Å². The van der Waals surface area contributed by atoms with Crippen molar-refractivity contribution in [2.45, 2.75) is 71.3 Å². The fraction of sp³-hybridized carbons (Fsp3) is 0.593. The lowest BCUT2D eigenvalue weighted by Crippen LogP contribution is -2.21. The molecule has 0 saturated carbocycles. The van der Waals surface area contributed by atoms with Gasteiger partial charge in [0, 0.05) is 25.1 Å². The highest BCUT2D eigenvalue weighted by molar-refractivity contribution is 5.71. The summed E-state index contributed by atoms with van der Waals surface area (Å²) in [5, 5.41) is 11.2. The van der Waals surface area contributed by atoms with Crippen molar-refractivity contribution in [3.63, 3.8) is 0 Å². The average molecular weight is 441 g/mol. The van der Waals surface area contributed by atoms with Gasteiger partial charge in [-0.1, -0.05) is 43.6 Å². The number of ether oxygens (including phenoxy) is 2. The number of unbranched alkanes of at least 4 members (excludes halogenated alkanes) is 2. The summed E-state index contributed by atoms with van der Waals surface area (Å²) in [6.45, 7) is 12.3. The van der Waals surface area contributed by atoms with Gasteiger partial charge in [0.05, 0.1) is 6.04 Å². The molecule has 0 amide bonds. The number of benzene rings is 1. The van der Waals surface area contributed by atoms with Gasteiger partial charge in [0.15, 0.2) is 0 Å². The number of hydrogen-bond acceptors (Lipinski definition) is 5. The van der Waals surface area contributed by atoms with Crippen LogP contribution in [0.25, 0.3) is 0 Å². The molecule has 1 aliphatic carbocycles. The van der Waals surface area contributed by atoms with Crippen molar-refractivity contribution in [1.82, 2.24) is 4.90 Å². The summed E-state index contributed by atoms with van der Waals surface area (Å²) in [6.07, 6.45) is 8.93. The Morgan fingerprint density at radius 2 is 2.06 bits per heavy atom. The van der Waals surface area contributed by atoms with Crippen molar-refractivity contribution >= 4 is 6.08 Å². The van der Waals surface area contributed by atoms with Crippen molar-refractivity contribution < 1.29 is 14.6 Å². The van der Waals surface area contributed by atoms with Crippen LogP contribution in [0.1, 0.15) is 69.9 Å². The first-order valence-electron chi connectivity index (χ1n) is 12.0.